The van der Waals surface area contributed by atoms with E-state index in [4.69, 9.17) is 9.47 Å². The van der Waals surface area contributed by atoms with Crippen molar-refractivity contribution in [2.24, 2.45) is 5.92 Å². The molecule has 1 saturated carbocycles. The molecule has 0 aromatic heterocycles. The number of amides is 1. The first-order valence-electron chi connectivity index (χ1n) is 10.1. The highest BCUT2D eigenvalue weighted by Crippen LogP contribution is 2.49. The van der Waals surface area contributed by atoms with Gasteiger partial charge in [0.1, 0.15) is 11.5 Å². The molecule has 4 rings (SSSR count). The van der Waals surface area contributed by atoms with Crippen molar-refractivity contribution in [2.45, 2.75) is 18.9 Å². The molecule has 2 atom stereocenters. The number of rotatable bonds is 6. The number of hydrogen-bond acceptors (Lipinski definition) is 4. The normalized spacial score (nSPS) is 21.7. The molecule has 0 N–H and O–H groups in total. The first-order valence-corrected chi connectivity index (χ1v) is 10.9. The monoisotopic (exact) mass is 458 g/mol. The van der Waals surface area contributed by atoms with E-state index in [2.05, 4.69) is 33.0 Å². The number of ether oxygens (including phenoxy) is 2. The van der Waals surface area contributed by atoms with Crippen LogP contribution in [0.1, 0.15) is 23.5 Å². The van der Waals surface area contributed by atoms with Crippen LogP contribution in [0, 0.1) is 5.92 Å². The molecule has 1 heterocycles. The fourth-order valence-electron chi connectivity index (χ4n) is 4.18. The van der Waals surface area contributed by atoms with Crippen LogP contribution >= 0.6 is 15.9 Å². The molecule has 1 aliphatic carbocycles. The molecule has 1 aliphatic heterocycles. The predicted molar refractivity (Wildman–Crippen MR) is 116 cm³/mol. The molecule has 29 heavy (non-hydrogen) atoms. The van der Waals surface area contributed by atoms with E-state index in [-0.39, 0.29) is 5.92 Å². The van der Waals surface area contributed by atoms with E-state index >= 15 is 0 Å². The van der Waals surface area contributed by atoms with Crippen molar-refractivity contribution in [3.8, 4) is 11.5 Å². The Morgan fingerprint density at radius 3 is 2.55 bits per heavy atom. The highest BCUT2D eigenvalue weighted by molar-refractivity contribution is 9.10. The lowest BCUT2D eigenvalue weighted by Gasteiger charge is -2.35. The second kappa shape index (κ2) is 8.76. The lowest BCUT2D eigenvalue weighted by molar-refractivity contribution is -0.134. The van der Waals surface area contributed by atoms with Gasteiger partial charge in [0.15, 0.2) is 0 Å². The Bertz CT molecular complexity index is 880. The van der Waals surface area contributed by atoms with Gasteiger partial charge in [0.2, 0.25) is 5.91 Å². The quantitative estimate of drug-likeness (QED) is 0.657. The van der Waals surface area contributed by atoms with Crippen molar-refractivity contribution in [1.29, 1.82) is 0 Å². The molecule has 2 aromatic carbocycles. The van der Waals surface area contributed by atoms with Gasteiger partial charge in [-0.25, -0.2) is 0 Å². The molecule has 0 radical (unpaired) electrons. The highest BCUT2D eigenvalue weighted by atomic mass is 79.9. The van der Waals surface area contributed by atoms with E-state index in [1.807, 2.05) is 35.2 Å². The first kappa shape index (κ1) is 20.2. The van der Waals surface area contributed by atoms with Gasteiger partial charge in [0.25, 0.3) is 0 Å². The van der Waals surface area contributed by atoms with Crippen LogP contribution < -0.4 is 9.47 Å². The molecule has 1 amide bonds. The Hall–Kier alpha value is -2.05. The van der Waals surface area contributed by atoms with Crippen molar-refractivity contribution >= 4 is 21.8 Å². The Kier molecular flexibility index (Phi) is 6.11. The van der Waals surface area contributed by atoms with Crippen LogP contribution in [0.5, 0.6) is 11.5 Å². The summed E-state index contributed by atoms with van der Waals surface area (Å²) in [6, 6.07) is 14.2. The standard InChI is InChI=1S/C23H27BrN2O3/c1-28-19-6-7-22(29-2)17(13-19)15-25-8-10-26(11-9-25)23(27)21-14-20(21)16-4-3-5-18(24)12-16/h3-7,12-13,20-21H,8-11,14-15H2,1-2H3. The average Bonchev–Trinajstić information content (AvgIpc) is 3.55. The summed E-state index contributed by atoms with van der Waals surface area (Å²) in [6.45, 7) is 4.12. The summed E-state index contributed by atoms with van der Waals surface area (Å²) in [5, 5.41) is 0. The topological polar surface area (TPSA) is 42.0 Å². The van der Waals surface area contributed by atoms with E-state index in [9.17, 15) is 4.79 Å². The maximum atomic E-state index is 12.9. The summed E-state index contributed by atoms with van der Waals surface area (Å²) >= 11 is 3.53. The van der Waals surface area contributed by atoms with Crippen LogP contribution in [0.25, 0.3) is 0 Å². The molecule has 0 spiro atoms. The molecule has 2 fully saturated rings. The third-order valence-corrected chi connectivity index (χ3v) is 6.44. The van der Waals surface area contributed by atoms with Crippen molar-refractivity contribution in [2.75, 3.05) is 40.4 Å². The van der Waals surface area contributed by atoms with E-state index in [0.717, 1.165) is 60.7 Å². The lowest BCUT2D eigenvalue weighted by Crippen LogP contribution is -2.48. The van der Waals surface area contributed by atoms with Gasteiger partial charge >= 0.3 is 0 Å². The number of methoxy groups -OCH3 is 2. The molecule has 5 nitrogen and oxygen atoms in total. The van der Waals surface area contributed by atoms with Gasteiger partial charge < -0.3 is 14.4 Å². The minimum atomic E-state index is 0.148. The van der Waals surface area contributed by atoms with Crippen molar-refractivity contribution < 1.29 is 14.3 Å². The van der Waals surface area contributed by atoms with E-state index in [1.54, 1.807) is 14.2 Å². The molecular weight excluding hydrogens is 432 g/mol. The smallest absolute Gasteiger partial charge is 0.226 e. The van der Waals surface area contributed by atoms with Crippen LogP contribution in [0.15, 0.2) is 46.9 Å². The first-order chi connectivity index (χ1) is 14.1. The van der Waals surface area contributed by atoms with Crippen LogP contribution in [-0.2, 0) is 11.3 Å². The lowest BCUT2D eigenvalue weighted by atomic mass is 10.1. The van der Waals surface area contributed by atoms with Crippen molar-refractivity contribution in [1.82, 2.24) is 9.80 Å². The van der Waals surface area contributed by atoms with E-state index < -0.39 is 0 Å². The van der Waals surface area contributed by atoms with Gasteiger partial charge in [-0.3, -0.25) is 9.69 Å². The van der Waals surface area contributed by atoms with Crippen LogP contribution in [0.2, 0.25) is 0 Å². The number of benzene rings is 2. The zero-order valence-electron chi connectivity index (χ0n) is 16.9. The Morgan fingerprint density at radius 1 is 1.07 bits per heavy atom. The van der Waals surface area contributed by atoms with Gasteiger partial charge in [0, 0.05) is 48.7 Å². The molecule has 1 saturated heterocycles. The molecule has 2 unspecified atom stereocenters. The number of halogens is 1. The Morgan fingerprint density at radius 2 is 1.86 bits per heavy atom. The SMILES string of the molecule is COc1ccc(OC)c(CN2CCN(C(=O)C3CC3c3cccc(Br)c3)CC2)c1. The fourth-order valence-corrected chi connectivity index (χ4v) is 4.60. The van der Waals surface area contributed by atoms with Gasteiger partial charge in [0.05, 0.1) is 14.2 Å². The Balaban J connectivity index is 1.31. The molecule has 0 bridgehead atoms. The summed E-state index contributed by atoms with van der Waals surface area (Å²) in [4.78, 5) is 17.4. The second-order valence-electron chi connectivity index (χ2n) is 7.78. The van der Waals surface area contributed by atoms with Crippen LogP contribution in [-0.4, -0.2) is 56.1 Å². The van der Waals surface area contributed by atoms with Gasteiger partial charge in [-0.2, -0.15) is 0 Å². The number of carbonyl (C=O) groups is 1. The molecular formula is C23H27BrN2O3. The van der Waals surface area contributed by atoms with E-state index in [0.29, 0.717) is 11.8 Å². The van der Waals surface area contributed by atoms with Crippen LogP contribution in [0.3, 0.4) is 0 Å². The summed E-state index contributed by atoms with van der Waals surface area (Å²) in [7, 11) is 3.37. The van der Waals surface area contributed by atoms with Crippen molar-refractivity contribution in [3.05, 3.63) is 58.1 Å². The predicted octanol–water partition coefficient (Wildman–Crippen LogP) is 3.91. The molecule has 2 aliphatic rings. The summed E-state index contributed by atoms with van der Waals surface area (Å²) in [5.41, 5.74) is 2.38. The van der Waals surface area contributed by atoms with E-state index in [1.165, 1.54) is 5.56 Å². The fraction of sp³-hybridized carbons (Fsp3) is 0.435. The minimum Gasteiger partial charge on any atom is -0.497 e. The summed E-state index contributed by atoms with van der Waals surface area (Å²) in [6.07, 6.45) is 0.969. The summed E-state index contributed by atoms with van der Waals surface area (Å²) in [5.74, 6) is 2.54. The molecule has 6 heteroatoms. The van der Waals surface area contributed by atoms with Gasteiger partial charge in [-0.15, -0.1) is 0 Å². The maximum Gasteiger partial charge on any atom is 0.226 e. The maximum absolute atomic E-state index is 12.9. The number of hydrogen-bond donors (Lipinski definition) is 0. The summed E-state index contributed by atoms with van der Waals surface area (Å²) < 4.78 is 11.9. The zero-order chi connectivity index (χ0) is 20.4. The van der Waals surface area contributed by atoms with Gasteiger partial charge in [-0.05, 0) is 48.2 Å². The highest BCUT2D eigenvalue weighted by Gasteiger charge is 2.46. The molecule has 2 aromatic rings. The number of nitrogens with zero attached hydrogens (tertiary/aromatic N) is 2. The Labute approximate surface area is 180 Å². The average molecular weight is 459 g/mol. The zero-order valence-corrected chi connectivity index (χ0v) is 18.5. The number of carbonyl (C=O) groups excluding carboxylic acids is 1. The third-order valence-electron chi connectivity index (χ3n) is 5.95. The molecule has 154 valence electrons. The minimum absolute atomic E-state index is 0.148. The van der Waals surface area contributed by atoms with Crippen LogP contribution in [0.4, 0.5) is 0 Å². The van der Waals surface area contributed by atoms with Gasteiger partial charge in [-0.1, -0.05) is 28.1 Å². The largest absolute Gasteiger partial charge is 0.497 e. The number of piperazine rings is 1. The third kappa shape index (κ3) is 4.59. The second-order valence-corrected chi connectivity index (χ2v) is 8.70. The van der Waals surface area contributed by atoms with Crippen molar-refractivity contribution in [3.63, 3.8) is 0 Å².